The van der Waals surface area contributed by atoms with Crippen molar-refractivity contribution in [2.24, 2.45) is 0 Å². The summed E-state index contributed by atoms with van der Waals surface area (Å²) in [6.45, 7) is 5.51. The van der Waals surface area contributed by atoms with Gasteiger partial charge in [-0.15, -0.1) is 0 Å². The summed E-state index contributed by atoms with van der Waals surface area (Å²) < 4.78 is 5.83. The molecule has 2 aliphatic rings. The average Bonchev–Trinajstić information content (AvgIpc) is 3.07. The molecule has 0 N–H and O–H groups in total. The molecule has 1 saturated carbocycles. The number of fused-ring (bicyclic) bond motifs is 2. The van der Waals surface area contributed by atoms with E-state index in [4.69, 9.17) is 9.72 Å². The summed E-state index contributed by atoms with van der Waals surface area (Å²) in [6, 6.07) is 8.44. The van der Waals surface area contributed by atoms with Crippen molar-refractivity contribution >= 4 is 16.8 Å². The van der Waals surface area contributed by atoms with Crippen LogP contribution >= 0.6 is 0 Å². The number of aromatic nitrogens is 1. The number of benzene rings is 1. The molecule has 4 heteroatoms. The summed E-state index contributed by atoms with van der Waals surface area (Å²) >= 11 is 0. The number of hydrogen-bond acceptors (Lipinski definition) is 3. The number of carbonyl (C=O) groups excluding carboxylic acids is 1. The number of pyridine rings is 1. The van der Waals surface area contributed by atoms with Gasteiger partial charge in [-0.1, -0.05) is 18.2 Å². The molecule has 4 nitrogen and oxygen atoms in total. The van der Waals surface area contributed by atoms with Crippen LogP contribution in [0.5, 0.6) is 0 Å². The van der Waals surface area contributed by atoms with Crippen LogP contribution in [0.1, 0.15) is 36.1 Å². The van der Waals surface area contributed by atoms with Crippen LogP contribution in [0.15, 0.2) is 24.3 Å². The second-order valence-electron chi connectivity index (χ2n) is 6.99. The van der Waals surface area contributed by atoms with Gasteiger partial charge in [0.2, 0.25) is 5.91 Å². The van der Waals surface area contributed by atoms with Gasteiger partial charge in [-0.2, -0.15) is 0 Å². The van der Waals surface area contributed by atoms with Gasteiger partial charge >= 0.3 is 0 Å². The van der Waals surface area contributed by atoms with Gasteiger partial charge in [0.05, 0.1) is 30.7 Å². The van der Waals surface area contributed by atoms with Crippen molar-refractivity contribution < 1.29 is 9.53 Å². The van der Waals surface area contributed by atoms with Crippen molar-refractivity contribution in [3.05, 3.63) is 41.1 Å². The van der Waals surface area contributed by atoms with Gasteiger partial charge in [0.15, 0.2) is 0 Å². The molecule has 2 atom stereocenters. The molecule has 0 bridgehead atoms. The lowest BCUT2D eigenvalue weighted by Crippen LogP contribution is -2.51. The standard InChI is InChI=1S/C20H24N2O2/c1-13-15-6-3-4-7-17(15)21-14(2)16(13)12-20(23)22-10-11-24-19-9-5-8-18(19)22/h3-4,6-7,18-19H,5,8-12H2,1-2H3. The normalized spacial score (nSPS) is 23.5. The third-order valence-corrected chi connectivity index (χ3v) is 5.62. The monoisotopic (exact) mass is 324 g/mol. The molecule has 1 aliphatic heterocycles. The highest BCUT2D eigenvalue weighted by atomic mass is 16.5. The van der Waals surface area contributed by atoms with Gasteiger partial charge in [-0.25, -0.2) is 0 Å². The highest BCUT2D eigenvalue weighted by Gasteiger charge is 2.38. The second-order valence-corrected chi connectivity index (χ2v) is 6.99. The lowest BCUT2D eigenvalue weighted by Gasteiger charge is -2.38. The van der Waals surface area contributed by atoms with E-state index in [-0.39, 0.29) is 18.1 Å². The maximum atomic E-state index is 13.0. The van der Waals surface area contributed by atoms with Gasteiger partial charge < -0.3 is 9.64 Å². The molecule has 4 rings (SSSR count). The Morgan fingerprint density at radius 1 is 1.29 bits per heavy atom. The van der Waals surface area contributed by atoms with Crippen LogP contribution in [0.2, 0.25) is 0 Å². The number of morpholine rings is 1. The Labute approximate surface area is 142 Å². The van der Waals surface area contributed by atoms with E-state index >= 15 is 0 Å². The van der Waals surface area contributed by atoms with Crippen LogP contribution in [0.3, 0.4) is 0 Å². The van der Waals surface area contributed by atoms with Crippen LogP contribution in [0.4, 0.5) is 0 Å². The van der Waals surface area contributed by atoms with Gasteiger partial charge in [-0.3, -0.25) is 9.78 Å². The fraction of sp³-hybridized carbons (Fsp3) is 0.500. The maximum Gasteiger partial charge on any atom is 0.227 e. The SMILES string of the molecule is Cc1nc2ccccc2c(C)c1CC(=O)N1CCOC2CCCC21. The number of aryl methyl sites for hydroxylation is 2. The Morgan fingerprint density at radius 2 is 2.12 bits per heavy atom. The number of amides is 1. The molecular weight excluding hydrogens is 300 g/mol. The molecule has 1 aromatic carbocycles. The number of para-hydroxylation sites is 1. The summed E-state index contributed by atoms with van der Waals surface area (Å²) in [5, 5.41) is 1.15. The quantitative estimate of drug-likeness (QED) is 0.852. The molecule has 1 aromatic heterocycles. The minimum absolute atomic E-state index is 0.221. The van der Waals surface area contributed by atoms with E-state index in [1.165, 1.54) is 5.56 Å². The molecule has 0 spiro atoms. The Kier molecular flexibility index (Phi) is 4.01. The lowest BCUT2D eigenvalue weighted by molar-refractivity contribution is -0.143. The topological polar surface area (TPSA) is 42.4 Å². The van der Waals surface area contributed by atoms with Crippen LogP contribution in [0.25, 0.3) is 10.9 Å². The van der Waals surface area contributed by atoms with E-state index in [1.54, 1.807) is 0 Å². The van der Waals surface area contributed by atoms with E-state index in [1.807, 2.05) is 25.1 Å². The molecule has 0 radical (unpaired) electrons. The molecule has 2 aromatic rings. The first kappa shape index (κ1) is 15.6. The largest absolute Gasteiger partial charge is 0.374 e. The zero-order valence-corrected chi connectivity index (χ0v) is 14.4. The fourth-order valence-electron chi connectivity index (χ4n) is 4.32. The average molecular weight is 324 g/mol. The second kappa shape index (κ2) is 6.17. The summed E-state index contributed by atoms with van der Waals surface area (Å²) in [6.07, 6.45) is 4.02. The minimum atomic E-state index is 0.221. The Balaban J connectivity index is 1.63. The fourth-order valence-corrected chi connectivity index (χ4v) is 4.32. The number of nitrogens with zero attached hydrogens (tertiary/aromatic N) is 2. The predicted molar refractivity (Wildman–Crippen MR) is 94.0 cm³/mol. The maximum absolute atomic E-state index is 13.0. The summed E-state index contributed by atoms with van der Waals surface area (Å²) in [7, 11) is 0. The number of ether oxygens (including phenoxy) is 1. The van der Waals surface area contributed by atoms with Crippen LogP contribution in [-0.2, 0) is 16.0 Å². The zero-order chi connectivity index (χ0) is 16.7. The third kappa shape index (κ3) is 2.59. The highest BCUT2D eigenvalue weighted by Crippen LogP contribution is 2.31. The Hall–Kier alpha value is -1.94. The Bertz CT molecular complexity index is 787. The number of rotatable bonds is 2. The first-order chi connectivity index (χ1) is 11.6. The van der Waals surface area contributed by atoms with Crippen molar-refractivity contribution in [2.75, 3.05) is 13.2 Å². The summed E-state index contributed by atoms with van der Waals surface area (Å²) in [5.41, 5.74) is 4.24. The minimum Gasteiger partial charge on any atom is -0.374 e. The van der Waals surface area contributed by atoms with E-state index in [0.717, 1.165) is 48.0 Å². The van der Waals surface area contributed by atoms with Crippen molar-refractivity contribution in [2.45, 2.75) is 51.7 Å². The molecule has 126 valence electrons. The number of carbonyl (C=O) groups is 1. The van der Waals surface area contributed by atoms with Crippen molar-refractivity contribution in [3.8, 4) is 0 Å². The van der Waals surface area contributed by atoms with Gasteiger partial charge in [-0.05, 0) is 50.3 Å². The summed E-state index contributed by atoms with van der Waals surface area (Å²) in [4.78, 5) is 19.8. The highest BCUT2D eigenvalue weighted by molar-refractivity contribution is 5.86. The molecule has 24 heavy (non-hydrogen) atoms. The van der Waals surface area contributed by atoms with E-state index < -0.39 is 0 Å². The first-order valence-electron chi connectivity index (χ1n) is 8.91. The number of hydrogen-bond donors (Lipinski definition) is 0. The molecule has 1 saturated heterocycles. The van der Waals surface area contributed by atoms with E-state index in [0.29, 0.717) is 13.0 Å². The molecule has 1 aliphatic carbocycles. The first-order valence-corrected chi connectivity index (χ1v) is 8.91. The Morgan fingerprint density at radius 3 is 3.00 bits per heavy atom. The van der Waals surface area contributed by atoms with E-state index in [2.05, 4.69) is 17.9 Å². The van der Waals surface area contributed by atoms with Gasteiger partial charge in [0.25, 0.3) is 0 Å². The molecular formula is C20H24N2O2. The molecule has 1 amide bonds. The van der Waals surface area contributed by atoms with Crippen molar-refractivity contribution in [1.82, 2.24) is 9.88 Å². The predicted octanol–water partition coefficient (Wildman–Crippen LogP) is 3.17. The lowest BCUT2D eigenvalue weighted by atomic mass is 9.98. The molecule has 2 heterocycles. The third-order valence-electron chi connectivity index (χ3n) is 5.62. The molecule has 2 fully saturated rings. The van der Waals surface area contributed by atoms with Crippen LogP contribution < -0.4 is 0 Å². The zero-order valence-electron chi connectivity index (χ0n) is 14.4. The van der Waals surface area contributed by atoms with Gasteiger partial charge in [0.1, 0.15) is 0 Å². The van der Waals surface area contributed by atoms with Crippen LogP contribution in [0, 0.1) is 13.8 Å². The smallest absolute Gasteiger partial charge is 0.227 e. The van der Waals surface area contributed by atoms with Crippen molar-refractivity contribution in [3.63, 3.8) is 0 Å². The van der Waals surface area contributed by atoms with Crippen molar-refractivity contribution in [1.29, 1.82) is 0 Å². The molecule has 2 unspecified atom stereocenters. The summed E-state index contributed by atoms with van der Waals surface area (Å²) in [5.74, 6) is 0.221. The van der Waals surface area contributed by atoms with E-state index in [9.17, 15) is 4.79 Å². The van der Waals surface area contributed by atoms with Gasteiger partial charge in [0, 0.05) is 17.6 Å². The van der Waals surface area contributed by atoms with Crippen LogP contribution in [-0.4, -0.2) is 41.1 Å².